The second-order valence-corrected chi connectivity index (χ2v) is 5.16. The zero-order valence-electron chi connectivity index (χ0n) is 12.5. The molecule has 1 fully saturated rings. The first kappa shape index (κ1) is 14.5. The van der Waals surface area contributed by atoms with Crippen LogP contribution < -0.4 is 10.2 Å². The fraction of sp³-hybridized carbons (Fsp3) is 0.312. The monoisotopic (exact) mass is 298 g/mol. The normalized spacial score (nSPS) is 14.7. The van der Waals surface area contributed by atoms with Crippen LogP contribution in [-0.2, 0) is 4.74 Å². The maximum absolute atomic E-state index is 12.3. The summed E-state index contributed by atoms with van der Waals surface area (Å²) in [6.07, 6.45) is 1.61. The molecule has 1 N–H and O–H groups in total. The highest BCUT2D eigenvalue weighted by Crippen LogP contribution is 2.13. The minimum atomic E-state index is -0.235. The van der Waals surface area contributed by atoms with E-state index in [0.29, 0.717) is 24.9 Å². The summed E-state index contributed by atoms with van der Waals surface area (Å²) in [6.45, 7) is 4.79. The van der Waals surface area contributed by atoms with Gasteiger partial charge >= 0.3 is 0 Å². The molecule has 1 aromatic carbocycles. The summed E-state index contributed by atoms with van der Waals surface area (Å²) in [5.74, 6) is 0.334. The number of carbonyl (C=O) groups is 1. The number of nitrogens with zero attached hydrogens (tertiary/aromatic N) is 3. The summed E-state index contributed by atoms with van der Waals surface area (Å²) >= 11 is 0. The van der Waals surface area contributed by atoms with Gasteiger partial charge in [-0.05, 0) is 25.1 Å². The molecule has 0 aliphatic carbocycles. The van der Waals surface area contributed by atoms with Gasteiger partial charge in [-0.25, -0.2) is 9.97 Å². The summed E-state index contributed by atoms with van der Waals surface area (Å²) < 4.78 is 5.31. The third kappa shape index (κ3) is 3.40. The van der Waals surface area contributed by atoms with E-state index in [-0.39, 0.29) is 5.91 Å². The van der Waals surface area contributed by atoms with Crippen molar-refractivity contribution in [3.8, 4) is 0 Å². The lowest BCUT2D eigenvalue weighted by Gasteiger charge is -2.26. The van der Waals surface area contributed by atoms with Gasteiger partial charge in [-0.15, -0.1) is 0 Å². The van der Waals surface area contributed by atoms with Crippen LogP contribution in [0.2, 0.25) is 0 Å². The van der Waals surface area contributed by atoms with E-state index in [9.17, 15) is 4.79 Å². The van der Waals surface area contributed by atoms with Crippen molar-refractivity contribution in [2.24, 2.45) is 0 Å². The third-order valence-electron chi connectivity index (χ3n) is 3.48. The molecule has 1 amide bonds. The molecule has 114 valence electrons. The van der Waals surface area contributed by atoms with E-state index in [0.717, 1.165) is 24.3 Å². The Hall–Kier alpha value is -2.47. The van der Waals surface area contributed by atoms with Crippen LogP contribution in [0.25, 0.3) is 0 Å². The Kier molecular flexibility index (Phi) is 4.29. The summed E-state index contributed by atoms with van der Waals surface area (Å²) in [4.78, 5) is 22.9. The molecule has 0 unspecified atom stereocenters. The van der Waals surface area contributed by atoms with Crippen molar-refractivity contribution >= 4 is 17.5 Å². The molecule has 1 saturated heterocycles. The SMILES string of the molecule is Cc1ccc(NC(=O)c2ccnc(N3CCOCC3)n2)cc1. The Bertz CT molecular complexity index is 651. The molecule has 0 bridgehead atoms. The first-order valence-corrected chi connectivity index (χ1v) is 7.26. The zero-order valence-corrected chi connectivity index (χ0v) is 12.5. The number of ether oxygens (including phenoxy) is 1. The van der Waals surface area contributed by atoms with Crippen LogP contribution in [-0.4, -0.2) is 42.2 Å². The van der Waals surface area contributed by atoms with Crippen molar-refractivity contribution in [1.82, 2.24) is 9.97 Å². The van der Waals surface area contributed by atoms with E-state index < -0.39 is 0 Å². The van der Waals surface area contributed by atoms with Gasteiger partial charge in [0, 0.05) is 25.0 Å². The van der Waals surface area contributed by atoms with Crippen molar-refractivity contribution in [2.45, 2.75) is 6.92 Å². The molecule has 0 spiro atoms. The molecular weight excluding hydrogens is 280 g/mol. The Morgan fingerprint density at radius 1 is 1.18 bits per heavy atom. The Morgan fingerprint density at radius 2 is 1.91 bits per heavy atom. The second kappa shape index (κ2) is 6.53. The van der Waals surface area contributed by atoms with Gasteiger partial charge < -0.3 is 15.0 Å². The van der Waals surface area contributed by atoms with Crippen molar-refractivity contribution in [2.75, 3.05) is 36.5 Å². The van der Waals surface area contributed by atoms with Crippen molar-refractivity contribution in [3.05, 3.63) is 47.8 Å². The van der Waals surface area contributed by atoms with E-state index in [2.05, 4.69) is 15.3 Å². The minimum Gasteiger partial charge on any atom is -0.378 e. The lowest BCUT2D eigenvalue weighted by molar-refractivity contribution is 0.102. The fourth-order valence-corrected chi connectivity index (χ4v) is 2.22. The number of hydrogen-bond acceptors (Lipinski definition) is 5. The molecule has 3 rings (SSSR count). The van der Waals surface area contributed by atoms with Crippen LogP contribution in [0.15, 0.2) is 36.5 Å². The van der Waals surface area contributed by atoms with E-state index in [1.165, 1.54) is 0 Å². The number of hydrogen-bond donors (Lipinski definition) is 1. The van der Waals surface area contributed by atoms with E-state index in [4.69, 9.17) is 4.74 Å². The first-order chi connectivity index (χ1) is 10.7. The molecule has 2 aromatic rings. The maximum atomic E-state index is 12.3. The lowest BCUT2D eigenvalue weighted by atomic mass is 10.2. The molecule has 0 atom stereocenters. The van der Waals surface area contributed by atoms with E-state index in [1.54, 1.807) is 12.3 Å². The summed E-state index contributed by atoms with van der Waals surface area (Å²) in [7, 11) is 0. The van der Waals surface area contributed by atoms with Gasteiger partial charge in [0.1, 0.15) is 5.69 Å². The van der Waals surface area contributed by atoms with Gasteiger partial charge in [0.05, 0.1) is 13.2 Å². The average Bonchev–Trinajstić information content (AvgIpc) is 2.58. The van der Waals surface area contributed by atoms with Crippen molar-refractivity contribution in [1.29, 1.82) is 0 Å². The molecular formula is C16H18N4O2. The quantitative estimate of drug-likeness (QED) is 0.937. The molecule has 1 aliphatic heterocycles. The largest absolute Gasteiger partial charge is 0.378 e. The molecule has 22 heavy (non-hydrogen) atoms. The third-order valence-corrected chi connectivity index (χ3v) is 3.48. The number of nitrogens with one attached hydrogen (secondary N) is 1. The highest BCUT2D eigenvalue weighted by molar-refractivity contribution is 6.02. The molecule has 1 aliphatic rings. The number of rotatable bonds is 3. The average molecular weight is 298 g/mol. The van der Waals surface area contributed by atoms with Crippen LogP contribution >= 0.6 is 0 Å². The molecule has 1 aromatic heterocycles. The van der Waals surface area contributed by atoms with Crippen molar-refractivity contribution in [3.63, 3.8) is 0 Å². The van der Waals surface area contributed by atoms with Gasteiger partial charge in [-0.2, -0.15) is 0 Å². The molecule has 6 heteroatoms. The van der Waals surface area contributed by atoms with Gasteiger partial charge in [0.15, 0.2) is 0 Å². The zero-order chi connectivity index (χ0) is 15.4. The molecule has 6 nitrogen and oxygen atoms in total. The minimum absolute atomic E-state index is 0.235. The van der Waals surface area contributed by atoms with Gasteiger partial charge in [0.2, 0.25) is 5.95 Å². The second-order valence-electron chi connectivity index (χ2n) is 5.16. The highest BCUT2D eigenvalue weighted by Gasteiger charge is 2.16. The predicted octanol–water partition coefficient (Wildman–Crippen LogP) is 1.87. The number of benzene rings is 1. The Morgan fingerprint density at radius 3 is 2.64 bits per heavy atom. The number of anilines is 2. The van der Waals surface area contributed by atoms with E-state index >= 15 is 0 Å². The number of carbonyl (C=O) groups excluding carboxylic acids is 1. The molecule has 0 saturated carbocycles. The van der Waals surface area contributed by atoms with Crippen LogP contribution in [0.4, 0.5) is 11.6 Å². The summed E-state index contributed by atoms with van der Waals surface area (Å²) in [5, 5.41) is 2.84. The molecule has 2 heterocycles. The summed E-state index contributed by atoms with van der Waals surface area (Å²) in [5.41, 5.74) is 2.26. The maximum Gasteiger partial charge on any atom is 0.274 e. The van der Waals surface area contributed by atoms with E-state index in [1.807, 2.05) is 36.1 Å². The predicted molar refractivity (Wildman–Crippen MR) is 84.2 cm³/mol. The standard InChI is InChI=1S/C16H18N4O2/c1-12-2-4-13(5-3-12)18-15(21)14-6-7-17-16(19-14)20-8-10-22-11-9-20/h2-7H,8-11H2,1H3,(H,18,21). The first-order valence-electron chi connectivity index (χ1n) is 7.26. The van der Waals surface area contributed by atoms with Gasteiger partial charge in [-0.1, -0.05) is 17.7 Å². The molecule has 0 radical (unpaired) electrons. The smallest absolute Gasteiger partial charge is 0.274 e. The van der Waals surface area contributed by atoms with Gasteiger partial charge in [0.25, 0.3) is 5.91 Å². The number of amides is 1. The lowest BCUT2D eigenvalue weighted by Crippen LogP contribution is -2.37. The highest BCUT2D eigenvalue weighted by atomic mass is 16.5. The van der Waals surface area contributed by atoms with Crippen LogP contribution in [0.1, 0.15) is 16.1 Å². The fourth-order valence-electron chi connectivity index (χ4n) is 2.22. The topological polar surface area (TPSA) is 67.4 Å². The number of aryl methyl sites for hydroxylation is 1. The number of morpholine rings is 1. The number of aromatic nitrogens is 2. The van der Waals surface area contributed by atoms with Crippen molar-refractivity contribution < 1.29 is 9.53 Å². The van der Waals surface area contributed by atoms with Crippen LogP contribution in [0.5, 0.6) is 0 Å². The Balaban J connectivity index is 1.73. The Labute approximate surface area is 129 Å². The van der Waals surface area contributed by atoms with Crippen LogP contribution in [0.3, 0.4) is 0 Å². The summed E-state index contributed by atoms with van der Waals surface area (Å²) in [6, 6.07) is 9.27. The van der Waals surface area contributed by atoms with Gasteiger partial charge in [-0.3, -0.25) is 4.79 Å². The van der Waals surface area contributed by atoms with Crippen LogP contribution in [0, 0.1) is 6.92 Å².